The van der Waals surface area contributed by atoms with Crippen molar-refractivity contribution in [2.45, 2.75) is 161 Å². The molecular weight excluding hydrogens is 719 g/mol. The summed E-state index contributed by atoms with van der Waals surface area (Å²) in [5.41, 5.74) is 1.21. The average Bonchev–Trinajstić information content (AvgIpc) is 3.48. The van der Waals surface area contributed by atoms with Crippen LogP contribution in [0.3, 0.4) is 0 Å². The summed E-state index contributed by atoms with van der Waals surface area (Å²) >= 11 is 0. The molecule has 2 aromatic rings. The Morgan fingerprint density at radius 1 is 0.836 bits per heavy atom. The van der Waals surface area contributed by atoms with Gasteiger partial charge in [-0.3, -0.25) is 0 Å². The molecule has 3 unspecified atom stereocenters. The van der Waals surface area contributed by atoms with Crippen molar-refractivity contribution in [1.29, 1.82) is 10.5 Å². The van der Waals surface area contributed by atoms with Gasteiger partial charge in [0, 0.05) is 38.2 Å². The molecule has 13 heteroatoms. The van der Waals surface area contributed by atoms with Gasteiger partial charge in [0.2, 0.25) is 5.88 Å². The Morgan fingerprint density at radius 3 is 1.89 bits per heavy atom. The van der Waals surface area contributed by atoms with Gasteiger partial charge in [0.15, 0.2) is 11.4 Å². The lowest BCUT2D eigenvalue weighted by Crippen LogP contribution is -2.35. The highest BCUT2D eigenvalue weighted by molar-refractivity contribution is 7.40. The van der Waals surface area contributed by atoms with Gasteiger partial charge in [-0.25, -0.2) is 4.98 Å². The van der Waals surface area contributed by atoms with Crippen LogP contribution in [-0.2, 0) is 32.0 Å². The maximum Gasteiger partial charge on any atom is 0.330 e. The van der Waals surface area contributed by atoms with E-state index in [2.05, 4.69) is 22.5 Å². The number of rotatable bonds is 31. The van der Waals surface area contributed by atoms with Crippen LogP contribution < -0.4 is 4.74 Å². The van der Waals surface area contributed by atoms with Gasteiger partial charge in [-0.05, 0) is 58.2 Å². The predicted molar refractivity (Wildman–Crippen MR) is 217 cm³/mol. The molecule has 0 radical (unpaired) electrons. The van der Waals surface area contributed by atoms with Gasteiger partial charge in [0.1, 0.15) is 23.9 Å². The number of methoxy groups -OCH3 is 1. The molecule has 0 saturated carbocycles. The first-order valence-electron chi connectivity index (χ1n) is 20.2. The maximum absolute atomic E-state index is 10.6. The number of ether oxygens (including phenoxy) is 3. The van der Waals surface area contributed by atoms with Crippen LogP contribution in [0.25, 0.3) is 0 Å². The van der Waals surface area contributed by atoms with Crippen molar-refractivity contribution in [3.05, 3.63) is 47.4 Å². The van der Waals surface area contributed by atoms with Gasteiger partial charge < -0.3 is 42.9 Å². The van der Waals surface area contributed by atoms with Gasteiger partial charge in [0.05, 0.1) is 19.8 Å². The first kappa shape index (κ1) is 50.4. The van der Waals surface area contributed by atoms with Crippen molar-refractivity contribution in [2.24, 2.45) is 7.05 Å². The lowest BCUT2D eigenvalue weighted by Gasteiger charge is -2.26. The van der Waals surface area contributed by atoms with Crippen LogP contribution in [0.1, 0.15) is 147 Å². The molecule has 0 amide bonds. The largest absolute Gasteiger partial charge is 0.469 e. The fourth-order valence-electron chi connectivity index (χ4n) is 5.76. The molecule has 55 heavy (non-hydrogen) atoms. The van der Waals surface area contributed by atoms with Crippen LogP contribution >= 0.6 is 8.60 Å². The monoisotopic (exact) mass is 791 g/mol. The van der Waals surface area contributed by atoms with Crippen molar-refractivity contribution in [3.8, 4) is 18.0 Å². The highest BCUT2D eigenvalue weighted by Gasteiger charge is 2.32. The Hall–Kier alpha value is -2.64. The van der Waals surface area contributed by atoms with E-state index in [0.717, 1.165) is 24.2 Å². The van der Waals surface area contributed by atoms with E-state index in [9.17, 15) is 15.4 Å². The van der Waals surface area contributed by atoms with Crippen LogP contribution in [0.5, 0.6) is 5.88 Å². The minimum absolute atomic E-state index is 0.0330. The van der Waals surface area contributed by atoms with E-state index < -0.39 is 26.1 Å². The van der Waals surface area contributed by atoms with E-state index in [0.29, 0.717) is 19.4 Å². The number of nitrogens with zero attached hydrogens (tertiary/aromatic N) is 4. The molecule has 0 aliphatic heterocycles. The van der Waals surface area contributed by atoms with Gasteiger partial charge in [0.25, 0.3) is 0 Å². The summed E-state index contributed by atoms with van der Waals surface area (Å²) in [6.45, 7) is 7.52. The Balaban J connectivity index is 0.00000283. The molecule has 0 aliphatic rings. The lowest BCUT2D eigenvalue weighted by atomic mass is 9.99. The summed E-state index contributed by atoms with van der Waals surface area (Å²) in [6, 6.07) is 13.2. The van der Waals surface area contributed by atoms with E-state index in [1.165, 1.54) is 111 Å². The van der Waals surface area contributed by atoms with Crippen molar-refractivity contribution in [1.82, 2.24) is 9.55 Å². The average molecular weight is 791 g/mol. The number of hydrogen-bond donors (Lipinski definition) is 3. The van der Waals surface area contributed by atoms with Gasteiger partial charge in [-0.2, -0.15) is 10.5 Å². The second kappa shape index (κ2) is 30.5. The second-order valence-corrected chi connectivity index (χ2v) is 15.7. The molecule has 0 fully saturated rings. The van der Waals surface area contributed by atoms with Gasteiger partial charge in [-0.1, -0.05) is 109 Å². The normalized spacial score (nSPS) is 13.6. The molecule has 312 valence electrons. The van der Waals surface area contributed by atoms with E-state index in [1.54, 1.807) is 18.2 Å². The summed E-state index contributed by atoms with van der Waals surface area (Å²) in [7, 11) is 1.12. The number of unbranched alkanes of at least 4 members (excludes halogenated alkanes) is 15. The topological polar surface area (TPSA) is 172 Å². The molecule has 3 N–H and O–H groups in total. The third kappa shape index (κ3) is 26.0. The number of aryl methyl sites for hydroxylation is 2. The Labute approximate surface area is 333 Å². The van der Waals surface area contributed by atoms with Crippen molar-refractivity contribution in [2.75, 3.05) is 33.5 Å². The van der Waals surface area contributed by atoms with Crippen LogP contribution in [-0.4, -0.2) is 75.7 Å². The zero-order valence-electron chi connectivity index (χ0n) is 34.6. The molecule has 0 aromatic carbocycles. The first-order valence-corrected chi connectivity index (χ1v) is 21.4. The van der Waals surface area contributed by atoms with E-state index in [4.69, 9.17) is 33.5 Å². The van der Waals surface area contributed by atoms with E-state index in [-0.39, 0.29) is 31.4 Å². The number of nitriles is 2. The first-order chi connectivity index (χ1) is 26.4. The SMILES string of the molecule is CC(C)(O)O.CCCCCCCCCCCCCCCCCCOCC(COP(O)OCC(C#N)(CCc1ccc(C)n1C)OC)Oc1cccc(C#N)n1. The van der Waals surface area contributed by atoms with Gasteiger partial charge >= 0.3 is 8.60 Å². The third-order valence-corrected chi connectivity index (χ3v) is 9.93. The highest BCUT2D eigenvalue weighted by atomic mass is 31.2. The number of aliphatic hydroxyl groups is 2. The zero-order chi connectivity index (χ0) is 40.8. The minimum atomic E-state index is -2.33. The minimum Gasteiger partial charge on any atom is -0.469 e. The summed E-state index contributed by atoms with van der Waals surface area (Å²) in [4.78, 5) is 14.8. The molecule has 12 nitrogen and oxygen atoms in total. The standard InChI is InChI=1S/C39H63N4O6P.C3H8O2/c1-5-6-7-8-9-10-11-12-13-14-15-16-17-18-19-20-28-46-30-37(49-38-23-21-22-35(29-40)42-38)31-47-50(44)48-33-39(32-41,45-4)27-26-36-25-24-34(2)43(36)3;1-3(2,4)5/h21-25,37,44H,5-20,26-28,30-31,33H2,1-4H3;4-5H,1-2H3. The molecule has 0 spiro atoms. The Kier molecular flexibility index (Phi) is 27.9. The lowest BCUT2D eigenvalue weighted by molar-refractivity contribution is -0.127. The van der Waals surface area contributed by atoms with Crippen molar-refractivity contribution in [3.63, 3.8) is 0 Å². The molecule has 2 aromatic heterocycles. The molecule has 2 rings (SSSR count). The number of pyridine rings is 1. The van der Waals surface area contributed by atoms with E-state index in [1.807, 2.05) is 32.2 Å². The highest BCUT2D eigenvalue weighted by Crippen LogP contribution is 2.35. The van der Waals surface area contributed by atoms with Crippen LogP contribution in [0.4, 0.5) is 0 Å². The maximum atomic E-state index is 10.6. The van der Waals surface area contributed by atoms with Crippen LogP contribution in [0.15, 0.2) is 30.3 Å². The van der Waals surface area contributed by atoms with Crippen LogP contribution in [0.2, 0.25) is 0 Å². The van der Waals surface area contributed by atoms with Gasteiger partial charge in [-0.15, -0.1) is 0 Å². The molecular formula is C42H71N4O8P. The molecule has 2 heterocycles. The van der Waals surface area contributed by atoms with Crippen LogP contribution in [0, 0.1) is 29.6 Å². The predicted octanol–water partition coefficient (Wildman–Crippen LogP) is 9.13. The number of aromatic nitrogens is 2. The van der Waals surface area contributed by atoms with E-state index >= 15 is 0 Å². The molecule has 0 saturated heterocycles. The van der Waals surface area contributed by atoms with Crippen molar-refractivity contribution < 1.29 is 38.4 Å². The quantitative estimate of drug-likeness (QED) is 0.0378. The summed E-state index contributed by atoms with van der Waals surface area (Å²) in [6.07, 6.45) is 21.4. The zero-order valence-corrected chi connectivity index (χ0v) is 35.5. The Morgan fingerprint density at radius 2 is 1.40 bits per heavy atom. The number of hydrogen-bond acceptors (Lipinski definition) is 11. The Bertz CT molecular complexity index is 1340. The third-order valence-electron chi connectivity index (χ3n) is 9.21. The smallest absolute Gasteiger partial charge is 0.330 e. The molecule has 3 atom stereocenters. The molecule has 0 bridgehead atoms. The fraction of sp³-hybridized carbons (Fsp3) is 0.738. The molecule has 0 aliphatic carbocycles. The summed E-state index contributed by atoms with van der Waals surface area (Å²) < 4.78 is 30.7. The second-order valence-electron chi connectivity index (χ2n) is 14.7. The summed E-state index contributed by atoms with van der Waals surface area (Å²) in [5, 5.41) is 35.3. The summed E-state index contributed by atoms with van der Waals surface area (Å²) in [5.74, 6) is -1.23. The fourth-order valence-corrected chi connectivity index (χ4v) is 6.44. The van der Waals surface area contributed by atoms with Crippen molar-refractivity contribution >= 4 is 8.60 Å².